The molecule has 0 amide bonds. The fourth-order valence-electron chi connectivity index (χ4n) is 3.90. The molecule has 1 nitrogen and oxygen atoms in total. The molecule has 0 spiro atoms. The molecule has 2 heteroatoms. The normalized spacial score (nSPS) is 23.7. The fourth-order valence-corrected chi connectivity index (χ4v) is 7.94. The van der Waals surface area contributed by atoms with E-state index >= 15 is 0 Å². The average Bonchev–Trinajstić information content (AvgIpc) is 2.90. The van der Waals surface area contributed by atoms with Gasteiger partial charge in [0.15, 0.2) is 0 Å². The van der Waals surface area contributed by atoms with Gasteiger partial charge in [0.2, 0.25) is 0 Å². The third-order valence-corrected chi connectivity index (χ3v) is 8.41. The zero-order chi connectivity index (χ0) is 15.3. The molecule has 2 aliphatic heterocycles. The van der Waals surface area contributed by atoms with E-state index < -0.39 is 0 Å². The van der Waals surface area contributed by atoms with Gasteiger partial charge in [0.25, 0.3) is 0 Å². The van der Waals surface area contributed by atoms with Crippen molar-refractivity contribution in [1.82, 2.24) is 0 Å². The summed E-state index contributed by atoms with van der Waals surface area (Å²) in [6.45, 7) is 0. The second-order valence-corrected chi connectivity index (χ2v) is 9.34. The summed E-state index contributed by atoms with van der Waals surface area (Å²) < 4.78 is 8.66. The number of benzene rings is 3. The third-order valence-electron chi connectivity index (χ3n) is 4.91. The average molecular weight is 412 g/mol. The van der Waals surface area contributed by atoms with Crippen molar-refractivity contribution in [3.8, 4) is 0 Å². The minimum absolute atomic E-state index is 0.257. The first kappa shape index (κ1) is 13.8. The summed E-state index contributed by atoms with van der Waals surface area (Å²) in [5.41, 5.74) is 3.75. The van der Waals surface area contributed by atoms with Crippen molar-refractivity contribution in [2.75, 3.05) is 0 Å². The van der Waals surface area contributed by atoms with E-state index in [1.54, 1.807) is 3.61 Å². The van der Waals surface area contributed by atoms with E-state index in [2.05, 4.69) is 84.9 Å². The Bertz CT molecular complexity index is 804. The monoisotopic (exact) mass is 414 g/mol. The van der Waals surface area contributed by atoms with Crippen LogP contribution in [0.5, 0.6) is 0 Å². The summed E-state index contributed by atoms with van der Waals surface area (Å²) in [6, 6.07) is 30.4. The van der Waals surface area contributed by atoms with Crippen molar-refractivity contribution in [1.29, 1.82) is 0 Å². The quantitative estimate of drug-likeness (QED) is 0.587. The van der Waals surface area contributed by atoms with Crippen LogP contribution in [0.15, 0.2) is 84.9 Å². The maximum absolute atomic E-state index is 6.66. The van der Waals surface area contributed by atoms with Crippen LogP contribution in [-0.2, 0) is 10.3 Å². The molecule has 0 aliphatic carbocycles. The first-order chi connectivity index (χ1) is 11.4. The van der Waals surface area contributed by atoms with E-state index in [1.165, 1.54) is 16.7 Å². The minimum atomic E-state index is -0.315. The van der Waals surface area contributed by atoms with E-state index in [1.807, 2.05) is 0 Å². The van der Waals surface area contributed by atoms with Crippen molar-refractivity contribution in [2.24, 2.45) is 0 Å². The predicted octanol–water partition coefficient (Wildman–Crippen LogP) is 3.41. The summed E-state index contributed by atoms with van der Waals surface area (Å²) in [5, 5.41) is 0. The molecule has 2 unspecified atom stereocenters. The van der Waals surface area contributed by atoms with Crippen molar-refractivity contribution in [3.05, 3.63) is 102 Å². The van der Waals surface area contributed by atoms with Gasteiger partial charge < -0.3 is 0 Å². The molecule has 2 aliphatic rings. The Balaban J connectivity index is 1.73. The second-order valence-electron chi connectivity index (χ2n) is 6.09. The maximum atomic E-state index is 6.66. The summed E-state index contributed by atoms with van der Waals surface area (Å²) in [5.74, 6) is 0.464. The summed E-state index contributed by atoms with van der Waals surface area (Å²) >= 11 is -0.257. The Hall–Kier alpha value is -1.59. The van der Waals surface area contributed by atoms with E-state index in [-0.39, 0.29) is 26.5 Å². The molecule has 5 rings (SSSR count). The van der Waals surface area contributed by atoms with Gasteiger partial charge in [-0.2, -0.15) is 0 Å². The zero-order valence-electron chi connectivity index (χ0n) is 12.6. The Labute approximate surface area is 146 Å². The van der Waals surface area contributed by atoms with Gasteiger partial charge in [-0.05, 0) is 0 Å². The summed E-state index contributed by atoms with van der Waals surface area (Å²) in [7, 11) is 0. The second kappa shape index (κ2) is 5.21. The van der Waals surface area contributed by atoms with Gasteiger partial charge in [-0.3, -0.25) is 0 Å². The molecule has 0 saturated carbocycles. The molecule has 3 aromatic rings. The summed E-state index contributed by atoms with van der Waals surface area (Å²) in [6.07, 6.45) is 0. The van der Waals surface area contributed by atoms with Crippen LogP contribution in [0.4, 0.5) is 0 Å². The SMILES string of the molecule is c1ccc(C2(c3ccccc3)OC3[Te]c4ccccc4C32)cc1. The molecule has 0 aromatic heterocycles. The first-order valence-electron chi connectivity index (χ1n) is 7.94. The van der Waals surface area contributed by atoms with Gasteiger partial charge in [-0.15, -0.1) is 0 Å². The molecule has 2 atom stereocenters. The van der Waals surface area contributed by atoms with Crippen molar-refractivity contribution in [2.45, 2.75) is 15.7 Å². The zero-order valence-corrected chi connectivity index (χ0v) is 14.9. The topological polar surface area (TPSA) is 9.23 Å². The number of rotatable bonds is 2. The molecular weight excluding hydrogens is 396 g/mol. The van der Waals surface area contributed by atoms with E-state index in [0.717, 1.165) is 0 Å². The number of hydrogen-bond donors (Lipinski definition) is 0. The predicted molar refractivity (Wildman–Crippen MR) is 93.1 cm³/mol. The van der Waals surface area contributed by atoms with Crippen LogP contribution in [0.1, 0.15) is 22.6 Å². The molecule has 0 bridgehead atoms. The van der Waals surface area contributed by atoms with Gasteiger partial charge in [-0.1, -0.05) is 0 Å². The molecule has 23 heavy (non-hydrogen) atoms. The van der Waals surface area contributed by atoms with Crippen molar-refractivity contribution >= 4 is 24.5 Å². The Morgan fingerprint density at radius 3 is 1.91 bits per heavy atom. The molecule has 112 valence electrons. The van der Waals surface area contributed by atoms with Gasteiger partial charge in [-0.25, -0.2) is 0 Å². The molecule has 0 N–H and O–H groups in total. The standard InChI is InChI=1S/C21H16OTe/c1-3-9-15(10-4-1)21(16-11-5-2-6-12-16)19-17-13-7-8-14-18(17)23-20(19)22-21/h1-14,19-20H. The van der Waals surface area contributed by atoms with Gasteiger partial charge in [0.05, 0.1) is 0 Å². The van der Waals surface area contributed by atoms with Crippen LogP contribution < -0.4 is 3.61 Å². The Kier molecular flexibility index (Phi) is 3.13. The molecule has 1 saturated heterocycles. The van der Waals surface area contributed by atoms with E-state index in [0.29, 0.717) is 10.1 Å². The summed E-state index contributed by atoms with van der Waals surface area (Å²) in [4.78, 5) is 0. The van der Waals surface area contributed by atoms with Crippen molar-refractivity contribution < 1.29 is 4.74 Å². The molecule has 1 fully saturated rings. The van der Waals surface area contributed by atoms with Crippen LogP contribution in [-0.4, -0.2) is 25.1 Å². The Morgan fingerprint density at radius 1 is 0.696 bits per heavy atom. The van der Waals surface area contributed by atoms with E-state index in [4.69, 9.17) is 4.74 Å². The van der Waals surface area contributed by atoms with Crippen LogP contribution >= 0.6 is 0 Å². The molecule has 0 radical (unpaired) electrons. The first-order valence-corrected chi connectivity index (χ1v) is 10.4. The van der Waals surface area contributed by atoms with Crippen LogP contribution in [0.2, 0.25) is 0 Å². The molecule has 2 heterocycles. The number of ether oxygens (including phenoxy) is 1. The fraction of sp³-hybridized carbons (Fsp3) is 0.143. The van der Waals surface area contributed by atoms with Crippen LogP contribution in [0, 0.1) is 0 Å². The third kappa shape index (κ3) is 1.90. The molecule has 3 aromatic carbocycles. The van der Waals surface area contributed by atoms with Gasteiger partial charge >= 0.3 is 147 Å². The van der Waals surface area contributed by atoms with Crippen LogP contribution in [0.25, 0.3) is 0 Å². The van der Waals surface area contributed by atoms with Crippen molar-refractivity contribution in [3.63, 3.8) is 0 Å². The Morgan fingerprint density at radius 2 is 1.26 bits per heavy atom. The van der Waals surface area contributed by atoms with Gasteiger partial charge in [0, 0.05) is 0 Å². The number of hydrogen-bond acceptors (Lipinski definition) is 1. The van der Waals surface area contributed by atoms with Crippen LogP contribution in [0.3, 0.4) is 0 Å². The van der Waals surface area contributed by atoms with Gasteiger partial charge in [0.1, 0.15) is 0 Å². The number of fused-ring (bicyclic) bond motifs is 3. The van der Waals surface area contributed by atoms with E-state index in [9.17, 15) is 0 Å². The molecular formula is C21H16OTe.